The van der Waals surface area contributed by atoms with Crippen LogP contribution >= 0.6 is 22.9 Å². The number of sulfone groups is 1. The SMILES string of the molecule is CCC(C(=O)Nc1nnc(C(C)C)s1)S(=O)(=O)CC(=O)Nc1ccc(Cl)cc1. The second-order valence-corrected chi connectivity index (χ2v) is 9.98. The van der Waals surface area contributed by atoms with Crippen molar-refractivity contribution < 1.29 is 18.0 Å². The summed E-state index contributed by atoms with van der Waals surface area (Å²) in [5.74, 6) is -2.13. The molecule has 2 amide bonds. The van der Waals surface area contributed by atoms with Crippen molar-refractivity contribution in [1.29, 1.82) is 0 Å². The van der Waals surface area contributed by atoms with E-state index in [2.05, 4.69) is 20.8 Å². The van der Waals surface area contributed by atoms with Gasteiger partial charge in [-0.05, 0) is 30.7 Å². The van der Waals surface area contributed by atoms with E-state index in [9.17, 15) is 18.0 Å². The number of benzene rings is 1. The molecule has 0 saturated heterocycles. The molecule has 0 aliphatic carbocycles. The molecule has 1 aromatic heterocycles. The first-order valence-electron chi connectivity index (χ1n) is 8.53. The van der Waals surface area contributed by atoms with Gasteiger partial charge in [-0.1, -0.05) is 43.7 Å². The molecule has 0 aliphatic heterocycles. The van der Waals surface area contributed by atoms with E-state index >= 15 is 0 Å². The summed E-state index contributed by atoms with van der Waals surface area (Å²) in [6.07, 6.45) is 0.0260. The molecule has 0 bridgehead atoms. The van der Waals surface area contributed by atoms with Crippen LogP contribution in [0.4, 0.5) is 10.8 Å². The van der Waals surface area contributed by atoms with Crippen LogP contribution in [-0.4, -0.2) is 41.4 Å². The number of hydrogen-bond acceptors (Lipinski definition) is 7. The topological polar surface area (TPSA) is 118 Å². The molecule has 0 saturated carbocycles. The second kappa shape index (κ2) is 9.44. The minimum Gasteiger partial charge on any atom is -0.325 e. The fourth-order valence-electron chi connectivity index (χ4n) is 2.32. The number of carbonyl (C=O) groups excluding carboxylic acids is 2. The third-order valence-corrected chi connectivity index (χ3v) is 7.19. The molecule has 1 atom stereocenters. The third kappa shape index (κ3) is 5.98. The smallest absolute Gasteiger partial charge is 0.244 e. The first kappa shape index (κ1) is 22.3. The molecule has 28 heavy (non-hydrogen) atoms. The van der Waals surface area contributed by atoms with Gasteiger partial charge >= 0.3 is 0 Å². The van der Waals surface area contributed by atoms with Gasteiger partial charge in [0.25, 0.3) is 0 Å². The van der Waals surface area contributed by atoms with Gasteiger partial charge in [0.05, 0.1) is 0 Å². The maximum atomic E-state index is 12.6. The average molecular weight is 445 g/mol. The van der Waals surface area contributed by atoms with Gasteiger partial charge in [0.1, 0.15) is 16.0 Å². The standard InChI is InChI=1S/C17H21ClN4O4S2/c1-4-13(15(24)20-17-22-21-16(27-17)10(2)3)28(25,26)9-14(23)19-12-7-5-11(18)6-8-12/h5-8,10,13H,4,9H2,1-3H3,(H,19,23)(H,20,22,24). The Kier molecular flexibility index (Phi) is 7.50. The van der Waals surface area contributed by atoms with Gasteiger partial charge in [0.15, 0.2) is 9.84 Å². The van der Waals surface area contributed by atoms with Gasteiger partial charge in [0, 0.05) is 16.6 Å². The summed E-state index contributed by atoms with van der Waals surface area (Å²) in [7, 11) is -4.02. The number of nitrogens with one attached hydrogen (secondary N) is 2. The zero-order valence-corrected chi connectivity index (χ0v) is 18.0. The van der Waals surface area contributed by atoms with Crippen molar-refractivity contribution in [1.82, 2.24) is 10.2 Å². The molecular weight excluding hydrogens is 424 g/mol. The fourth-order valence-corrected chi connectivity index (χ4v) is 4.73. The highest BCUT2D eigenvalue weighted by Gasteiger charge is 2.33. The maximum Gasteiger partial charge on any atom is 0.244 e. The second-order valence-electron chi connectivity index (χ2n) is 6.35. The van der Waals surface area contributed by atoms with Crippen LogP contribution in [0.15, 0.2) is 24.3 Å². The zero-order chi connectivity index (χ0) is 20.9. The van der Waals surface area contributed by atoms with Gasteiger partial charge in [-0.25, -0.2) is 8.42 Å². The van der Waals surface area contributed by atoms with Gasteiger partial charge in [0.2, 0.25) is 16.9 Å². The first-order valence-corrected chi connectivity index (χ1v) is 11.4. The molecule has 11 heteroatoms. The molecule has 0 aliphatic rings. The molecule has 0 spiro atoms. The molecule has 1 heterocycles. The van der Waals surface area contributed by atoms with Crippen molar-refractivity contribution in [3.05, 3.63) is 34.3 Å². The largest absolute Gasteiger partial charge is 0.325 e. The van der Waals surface area contributed by atoms with Crippen LogP contribution in [0.3, 0.4) is 0 Å². The van der Waals surface area contributed by atoms with Crippen LogP contribution in [0, 0.1) is 0 Å². The van der Waals surface area contributed by atoms with Crippen LogP contribution in [0.5, 0.6) is 0 Å². The lowest BCUT2D eigenvalue weighted by atomic mass is 10.2. The highest BCUT2D eigenvalue weighted by Crippen LogP contribution is 2.23. The lowest BCUT2D eigenvalue weighted by Gasteiger charge is -2.14. The number of rotatable bonds is 8. The Morgan fingerprint density at radius 2 is 1.79 bits per heavy atom. The lowest BCUT2D eigenvalue weighted by Crippen LogP contribution is -2.39. The van der Waals surface area contributed by atoms with Gasteiger partial charge in [-0.15, -0.1) is 10.2 Å². The van der Waals surface area contributed by atoms with Gasteiger partial charge < -0.3 is 5.32 Å². The molecule has 1 aromatic carbocycles. The summed E-state index contributed by atoms with van der Waals surface area (Å²) < 4.78 is 25.2. The first-order chi connectivity index (χ1) is 13.1. The van der Waals surface area contributed by atoms with Crippen LogP contribution in [0.25, 0.3) is 0 Å². The molecule has 0 radical (unpaired) electrons. The number of hydrogen-bond donors (Lipinski definition) is 2. The van der Waals surface area contributed by atoms with E-state index in [1.807, 2.05) is 13.8 Å². The summed E-state index contributed by atoms with van der Waals surface area (Å²) in [6, 6.07) is 6.25. The molecule has 1 unspecified atom stereocenters. The Morgan fingerprint density at radius 1 is 1.14 bits per heavy atom. The predicted octanol–water partition coefficient (Wildman–Crippen LogP) is 3.09. The monoisotopic (exact) mass is 444 g/mol. The van der Waals surface area contributed by atoms with Crippen LogP contribution in [0.1, 0.15) is 38.1 Å². The van der Waals surface area contributed by atoms with Crippen molar-refractivity contribution in [2.45, 2.75) is 38.4 Å². The summed E-state index contributed by atoms with van der Waals surface area (Å²) in [4.78, 5) is 24.6. The number of halogens is 1. The summed E-state index contributed by atoms with van der Waals surface area (Å²) >= 11 is 6.96. The Balaban J connectivity index is 2.04. The molecule has 152 valence electrons. The minimum absolute atomic E-state index is 0.0260. The number of aromatic nitrogens is 2. The number of anilines is 2. The van der Waals surface area contributed by atoms with Crippen LogP contribution in [0.2, 0.25) is 5.02 Å². The number of amides is 2. The molecule has 2 aromatic rings. The Labute approximate surface area is 172 Å². The fraction of sp³-hybridized carbons (Fsp3) is 0.412. The van der Waals surface area contributed by atoms with E-state index < -0.39 is 32.7 Å². The number of carbonyl (C=O) groups is 2. The van der Waals surface area contributed by atoms with E-state index in [-0.39, 0.29) is 17.5 Å². The molecule has 2 N–H and O–H groups in total. The van der Waals surface area contributed by atoms with Crippen LogP contribution in [-0.2, 0) is 19.4 Å². The van der Waals surface area contributed by atoms with E-state index in [4.69, 9.17) is 11.6 Å². The van der Waals surface area contributed by atoms with Gasteiger partial charge in [-0.2, -0.15) is 0 Å². The molecule has 8 nitrogen and oxygen atoms in total. The van der Waals surface area contributed by atoms with Crippen LogP contribution < -0.4 is 10.6 Å². The van der Waals surface area contributed by atoms with E-state index in [1.54, 1.807) is 31.2 Å². The number of nitrogens with zero attached hydrogens (tertiary/aromatic N) is 2. The van der Waals surface area contributed by atoms with Gasteiger partial charge in [-0.3, -0.25) is 14.9 Å². The molecular formula is C17H21ClN4O4S2. The van der Waals surface area contributed by atoms with Crippen molar-refractivity contribution in [2.75, 3.05) is 16.4 Å². The maximum absolute atomic E-state index is 12.6. The molecule has 0 fully saturated rings. The third-order valence-electron chi connectivity index (χ3n) is 3.72. The summed E-state index contributed by atoms with van der Waals surface area (Å²) in [5, 5.41) is 12.8. The lowest BCUT2D eigenvalue weighted by molar-refractivity contribution is -0.115. The average Bonchev–Trinajstić information content (AvgIpc) is 3.05. The predicted molar refractivity (Wildman–Crippen MR) is 111 cm³/mol. The van der Waals surface area contributed by atoms with Crippen molar-refractivity contribution >= 4 is 55.4 Å². The van der Waals surface area contributed by atoms with Crippen molar-refractivity contribution in [3.63, 3.8) is 0 Å². The van der Waals surface area contributed by atoms with E-state index in [0.29, 0.717) is 10.7 Å². The minimum atomic E-state index is -4.02. The Bertz CT molecular complexity index is 942. The quantitative estimate of drug-likeness (QED) is 0.645. The van der Waals surface area contributed by atoms with E-state index in [0.717, 1.165) is 5.01 Å². The highest BCUT2D eigenvalue weighted by atomic mass is 35.5. The Hall–Kier alpha value is -2.04. The normalized spacial score (nSPS) is 12.6. The highest BCUT2D eigenvalue weighted by molar-refractivity contribution is 7.93. The summed E-state index contributed by atoms with van der Waals surface area (Å²) in [6.45, 7) is 5.44. The zero-order valence-electron chi connectivity index (χ0n) is 15.6. The van der Waals surface area contributed by atoms with E-state index in [1.165, 1.54) is 11.3 Å². The van der Waals surface area contributed by atoms with Crippen molar-refractivity contribution in [3.8, 4) is 0 Å². The summed E-state index contributed by atoms with van der Waals surface area (Å²) in [5.41, 5.74) is 0.414. The molecule has 2 rings (SSSR count). The Morgan fingerprint density at radius 3 is 2.32 bits per heavy atom. The van der Waals surface area contributed by atoms with Crippen molar-refractivity contribution in [2.24, 2.45) is 0 Å².